The second-order valence-corrected chi connectivity index (χ2v) is 4.64. The molecule has 1 saturated heterocycles. The summed E-state index contributed by atoms with van der Waals surface area (Å²) in [6.07, 6.45) is 5.31. The summed E-state index contributed by atoms with van der Waals surface area (Å²) >= 11 is 0. The number of rotatable bonds is 4. The van der Waals surface area contributed by atoms with Gasteiger partial charge < -0.3 is 4.90 Å². The van der Waals surface area contributed by atoms with E-state index in [-0.39, 0.29) is 5.91 Å². The first-order valence-electron chi connectivity index (χ1n) is 5.79. The Morgan fingerprint density at radius 2 is 2.07 bits per heavy atom. The van der Waals surface area contributed by atoms with E-state index in [9.17, 15) is 4.79 Å². The van der Waals surface area contributed by atoms with Gasteiger partial charge in [0.15, 0.2) is 0 Å². The van der Waals surface area contributed by atoms with Crippen molar-refractivity contribution in [2.45, 2.75) is 32.1 Å². The van der Waals surface area contributed by atoms with Gasteiger partial charge in [-0.25, -0.2) is 5.84 Å². The van der Waals surface area contributed by atoms with Crippen LogP contribution < -0.4 is 5.84 Å². The summed E-state index contributed by atoms with van der Waals surface area (Å²) in [6.45, 7) is 2.41. The van der Waals surface area contributed by atoms with E-state index in [1.165, 1.54) is 37.4 Å². The lowest BCUT2D eigenvalue weighted by Crippen LogP contribution is -2.33. The van der Waals surface area contributed by atoms with Crippen LogP contribution in [0, 0.1) is 5.92 Å². The molecule has 1 amide bonds. The van der Waals surface area contributed by atoms with Crippen molar-refractivity contribution in [1.82, 2.24) is 9.91 Å². The number of hydrazine groups is 1. The zero-order valence-electron chi connectivity index (χ0n) is 9.91. The number of carbonyl (C=O) groups excluding carboxylic acids is 1. The fourth-order valence-corrected chi connectivity index (χ4v) is 2.07. The lowest BCUT2D eigenvalue weighted by Gasteiger charge is -2.28. The Kier molecular flexibility index (Phi) is 5.05. The van der Waals surface area contributed by atoms with Gasteiger partial charge in [0.2, 0.25) is 5.91 Å². The van der Waals surface area contributed by atoms with E-state index < -0.39 is 0 Å². The normalized spacial score (nSPS) is 19.1. The molecule has 0 atom stereocenters. The molecule has 4 heteroatoms. The van der Waals surface area contributed by atoms with Crippen molar-refractivity contribution in [3.63, 3.8) is 0 Å². The smallest absolute Gasteiger partial charge is 0.236 e. The molecule has 0 aromatic carbocycles. The van der Waals surface area contributed by atoms with Crippen molar-refractivity contribution in [3.05, 3.63) is 0 Å². The van der Waals surface area contributed by atoms with E-state index >= 15 is 0 Å². The second kappa shape index (κ2) is 6.08. The molecular formula is C11H23N3O. The van der Waals surface area contributed by atoms with Gasteiger partial charge in [-0.05, 0) is 51.7 Å². The van der Waals surface area contributed by atoms with E-state index in [1.807, 2.05) is 0 Å². The summed E-state index contributed by atoms with van der Waals surface area (Å²) in [7, 11) is 3.78. The van der Waals surface area contributed by atoms with E-state index in [0.717, 1.165) is 12.3 Å². The fraction of sp³-hybridized carbons (Fsp3) is 0.909. The van der Waals surface area contributed by atoms with Crippen molar-refractivity contribution in [2.75, 3.05) is 27.2 Å². The minimum atomic E-state index is 0.0444. The molecule has 1 rings (SSSR count). The monoisotopic (exact) mass is 213 g/mol. The predicted molar refractivity (Wildman–Crippen MR) is 61.0 cm³/mol. The summed E-state index contributed by atoms with van der Waals surface area (Å²) in [5.41, 5.74) is 0. The molecule has 88 valence electrons. The number of hydrogen-bond acceptors (Lipinski definition) is 3. The highest BCUT2D eigenvalue weighted by Crippen LogP contribution is 2.21. The third-order valence-corrected chi connectivity index (χ3v) is 3.23. The van der Waals surface area contributed by atoms with Gasteiger partial charge in [0, 0.05) is 13.5 Å². The Balaban J connectivity index is 2.08. The molecule has 1 aliphatic heterocycles. The first kappa shape index (κ1) is 12.5. The Bertz CT molecular complexity index is 198. The molecule has 0 spiro atoms. The molecule has 0 aliphatic carbocycles. The first-order chi connectivity index (χ1) is 7.09. The van der Waals surface area contributed by atoms with Crippen LogP contribution in [-0.4, -0.2) is 43.0 Å². The third-order valence-electron chi connectivity index (χ3n) is 3.23. The SMILES string of the molecule is CN1CCC(CCCC(=O)N(C)N)CC1. The van der Waals surface area contributed by atoms with Crippen LogP contribution in [0.15, 0.2) is 0 Å². The first-order valence-corrected chi connectivity index (χ1v) is 5.79. The Hall–Kier alpha value is -0.610. The molecule has 0 unspecified atom stereocenters. The highest BCUT2D eigenvalue weighted by Gasteiger charge is 2.16. The van der Waals surface area contributed by atoms with E-state index in [0.29, 0.717) is 6.42 Å². The minimum Gasteiger partial charge on any atom is -0.306 e. The third kappa shape index (κ3) is 4.62. The van der Waals surface area contributed by atoms with E-state index in [1.54, 1.807) is 7.05 Å². The number of nitrogens with zero attached hydrogens (tertiary/aromatic N) is 2. The van der Waals surface area contributed by atoms with Crippen LogP contribution in [0.1, 0.15) is 32.1 Å². The molecule has 0 bridgehead atoms. The highest BCUT2D eigenvalue weighted by molar-refractivity contribution is 5.75. The summed E-state index contributed by atoms with van der Waals surface area (Å²) in [5, 5.41) is 1.19. The van der Waals surface area contributed by atoms with Gasteiger partial charge in [-0.15, -0.1) is 0 Å². The van der Waals surface area contributed by atoms with Crippen LogP contribution in [0.25, 0.3) is 0 Å². The van der Waals surface area contributed by atoms with E-state index in [2.05, 4.69) is 11.9 Å². The van der Waals surface area contributed by atoms with Crippen LogP contribution in [0.5, 0.6) is 0 Å². The average molecular weight is 213 g/mol. The van der Waals surface area contributed by atoms with Crippen LogP contribution in [-0.2, 0) is 4.79 Å². The van der Waals surface area contributed by atoms with Crippen LogP contribution in [0.2, 0.25) is 0 Å². The Labute approximate surface area is 92.4 Å². The van der Waals surface area contributed by atoms with Gasteiger partial charge in [0.1, 0.15) is 0 Å². The van der Waals surface area contributed by atoms with Crippen LogP contribution >= 0.6 is 0 Å². The van der Waals surface area contributed by atoms with Gasteiger partial charge in [-0.3, -0.25) is 9.80 Å². The number of nitrogens with two attached hydrogens (primary N) is 1. The topological polar surface area (TPSA) is 49.6 Å². The maximum absolute atomic E-state index is 11.2. The molecule has 0 saturated carbocycles. The molecule has 0 aromatic rings. The fourth-order valence-electron chi connectivity index (χ4n) is 2.07. The van der Waals surface area contributed by atoms with Crippen molar-refractivity contribution < 1.29 is 4.79 Å². The van der Waals surface area contributed by atoms with Gasteiger partial charge in [0.05, 0.1) is 0 Å². The quantitative estimate of drug-likeness (QED) is 0.427. The maximum atomic E-state index is 11.2. The van der Waals surface area contributed by atoms with Gasteiger partial charge >= 0.3 is 0 Å². The summed E-state index contributed by atoms with van der Waals surface area (Å²) in [4.78, 5) is 13.6. The average Bonchev–Trinajstić information content (AvgIpc) is 2.20. The Morgan fingerprint density at radius 1 is 1.47 bits per heavy atom. The molecule has 1 heterocycles. The molecule has 0 aromatic heterocycles. The second-order valence-electron chi connectivity index (χ2n) is 4.64. The molecule has 4 nitrogen and oxygen atoms in total. The molecule has 2 N–H and O–H groups in total. The van der Waals surface area contributed by atoms with Gasteiger partial charge in [-0.1, -0.05) is 0 Å². The summed E-state index contributed by atoms with van der Waals surface area (Å²) in [5.74, 6) is 6.21. The van der Waals surface area contributed by atoms with Gasteiger partial charge in [-0.2, -0.15) is 0 Å². The summed E-state index contributed by atoms with van der Waals surface area (Å²) < 4.78 is 0. The zero-order chi connectivity index (χ0) is 11.3. The van der Waals surface area contributed by atoms with Crippen molar-refractivity contribution >= 4 is 5.91 Å². The van der Waals surface area contributed by atoms with Crippen LogP contribution in [0.3, 0.4) is 0 Å². The molecule has 1 aliphatic rings. The number of likely N-dealkylation sites (tertiary alicyclic amines) is 1. The van der Waals surface area contributed by atoms with Crippen molar-refractivity contribution in [1.29, 1.82) is 0 Å². The van der Waals surface area contributed by atoms with Crippen molar-refractivity contribution in [3.8, 4) is 0 Å². The van der Waals surface area contributed by atoms with Gasteiger partial charge in [0.25, 0.3) is 0 Å². The zero-order valence-corrected chi connectivity index (χ0v) is 9.91. The molecule has 0 radical (unpaired) electrons. The largest absolute Gasteiger partial charge is 0.306 e. The number of piperidine rings is 1. The number of amides is 1. The van der Waals surface area contributed by atoms with Crippen LogP contribution in [0.4, 0.5) is 0 Å². The predicted octanol–water partition coefficient (Wildman–Crippen LogP) is 0.831. The number of hydrogen-bond donors (Lipinski definition) is 1. The Morgan fingerprint density at radius 3 is 2.60 bits per heavy atom. The minimum absolute atomic E-state index is 0.0444. The molecule has 1 fully saturated rings. The van der Waals surface area contributed by atoms with E-state index in [4.69, 9.17) is 5.84 Å². The lowest BCUT2D eigenvalue weighted by atomic mass is 9.92. The molecule has 15 heavy (non-hydrogen) atoms. The maximum Gasteiger partial charge on any atom is 0.236 e. The standard InChI is InChI=1S/C11H23N3O/c1-13-8-6-10(7-9-13)4-3-5-11(15)14(2)12/h10H,3-9,12H2,1-2H3. The van der Waals surface area contributed by atoms with Crippen molar-refractivity contribution in [2.24, 2.45) is 11.8 Å². The molecular weight excluding hydrogens is 190 g/mol. The number of carbonyl (C=O) groups is 1. The lowest BCUT2D eigenvalue weighted by molar-refractivity contribution is -0.130. The highest BCUT2D eigenvalue weighted by atomic mass is 16.2. The summed E-state index contributed by atoms with van der Waals surface area (Å²) in [6, 6.07) is 0.